The Morgan fingerprint density at radius 2 is 1.96 bits per heavy atom. The predicted octanol–water partition coefficient (Wildman–Crippen LogP) is 3.85. The molecule has 148 valence electrons. The second kappa shape index (κ2) is 8.83. The number of rotatable bonds is 7. The van der Waals surface area contributed by atoms with Gasteiger partial charge in [-0.25, -0.2) is 9.59 Å². The van der Waals surface area contributed by atoms with Crippen LogP contribution in [0.15, 0.2) is 35.5 Å². The standard InChI is InChI=1S/C19H24F2N2O4/c1-11(2)9-10-23-12(3)15(17(24)26-4)16(22-19(23)25)13-7-5-6-8-14(13)27-18(20)21/h5-8,11,16,18H,9-10H2,1-4H3,(H,22,25)/t16-/m0/s1. The Morgan fingerprint density at radius 1 is 1.30 bits per heavy atom. The highest BCUT2D eigenvalue weighted by Gasteiger charge is 2.37. The smallest absolute Gasteiger partial charge is 0.387 e. The molecule has 0 unspecified atom stereocenters. The average Bonchev–Trinajstić information content (AvgIpc) is 2.60. The van der Waals surface area contributed by atoms with Gasteiger partial charge in [0.05, 0.1) is 18.7 Å². The number of esters is 1. The quantitative estimate of drug-likeness (QED) is 0.728. The minimum Gasteiger partial charge on any atom is -0.466 e. The van der Waals surface area contributed by atoms with E-state index < -0.39 is 24.7 Å². The van der Waals surface area contributed by atoms with Crippen LogP contribution in [0.5, 0.6) is 5.75 Å². The van der Waals surface area contributed by atoms with Crippen LogP contribution in [-0.4, -0.2) is 37.2 Å². The SMILES string of the molecule is COC(=O)C1=C(C)N(CCC(C)C)C(=O)N[C@H]1c1ccccc1OC(F)F. The summed E-state index contributed by atoms with van der Waals surface area (Å²) in [7, 11) is 1.23. The van der Waals surface area contributed by atoms with Crippen molar-refractivity contribution in [3.05, 3.63) is 41.1 Å². The number of methoxy groups -OCH3 is 1. The molecule has 1 atom stereocenters. The maximum absolute atomic E-state index is 12.8. The highest BCUT2D eigenvalue weighted by Crippen LogP contribution is 2.36. The van der Waals surface area contributed by atoms with Crippen LogP contribution in [0.3, 0.4) is 0 Å². The van der Waals surface area contributed by atoms with E-state index in [1.54, 1.807) is 13.0 Å². The summed E-state index contributed by atoms with van der Waals surface area (Å²) < 4.78 is 35.0. The van der Waals surface area contributed by atoms with Crippen LogP contribution in [0, 0.1) is 5.92 Å². The summed E-state index contributed by atoms with van der Waals surface area (Å²) in [5, 5.41) is 2.72. The van der Waals surface area contributed by atoms with Gasteiger partial charge in [0, 0.05) is 17.8 Å². The van der Waals surface area contributed by atoms with Gasteiger partial charge in [-0.2, -0.15) is 8.78 Å². The number of nitrogens with zero attached hydrogens (tertiary/aromatic N) is 1. The third-order valence-electron chi connectivity index (χ3n) is 4.38. The number of ether oxygens (including phenoxy) is 2. The van der Waals surface area contributed by atoms with E-state index in [2.05, 4.69) is 10.1 Å². The van der Waals surface area contributed by atoms with E-state index in [9.17, 15) is 18.4 Å². The minimum absolute atomic E-state index is 0.109. The number of hydrogen-bond acceptors (Lipinski definition) is 4. The van der Waals surface area contributed by atoms with E-state index in [0.29, 0.717) is 18.2 Å². The Morgan fingerprint density at radius 3 is 2.56 bits per heavy atom. The van der Waals surface area contributed by atoms with Gasteiger partial charge in [-0.05, 0) is 25.3 Å². The number of carbonyl (C=O) groups excluding carboxylic acids is 2. The van der Waals surface area contributed by atoms with Crippen LogP contribution < -0.4 is 10.1 Å². The zero-order valence-corrected chi connectivity index (χ0v) is 15.8. The second-order valence-corrected chi connectivity index (χ2v) is 6.62. The van der Waals surface area contributed by atoms with Crippen molar-refractivity contribution in [2.75, 3.05) is 13.7 Å². The number of nitrogens with one attached hydrogen (secondary N) is 1. The fourth-order valence-electron chi connectivity index (χ4n) is 2.97. The first-order chi connectivity index (χ1) is 12.8. The first-order valence-corrected chi connectivity index (χ1v) is 8.67. The van der Waals surface area contributed by atoms with Gasteiger partial charge in [-0.15, -0.1) is 0 Å². The Kier molecular flexibility index (Phi) is 6.76. The van der Waals surface area contributed by atoms with Crippen LogP contribution in [0.25, 0.3) is 0 Å². The van der Waals surface area contributed by atoms with Crippen LogP contribution in [0.1, 0.15) is 38.8 Å². The molecule has 27 heavy (non-hydrogen) atoms. The Labute approximate surface area is 157 Å². The van der Waals surface area contributed by atoms with Crippen LogP contribution >= 0.6 is 0 Å². The number of para-hydroxylation sites is 1. The molecule has 0 saturated carbocycles. The lowest BCUT2D eigenvalue weighted by molar-refractivity contribution is -0.136. The fraction of sp³-hybridized carbons (Fsp3) is 0.474. The van der Waals surface area contributed by atoms with Crippen molar-refractivity contribution in [3.8, 4) is 5.75 Å². The number of amides is 2. The number of alkyl halides is 2. The van der Waals surface area contributed by atoms with Gasteiger partial charge in [0.15, 0.2) is 0 Å². The molecule has 0 aliphatic carbocycles. The molecule has 1 aliphatic rings. The summed E-state index contributed by atoms with van der Waals surface area (Å²) in [6, 6.07) is 4.70. The molecule has 0 saturated heterocycles. The molecule has 1 aliphatic heterocycles. The van der Waals surface area contributed by atoms with Gasteiger partial charge in [0.1, 0.15) is 5.75 Å². The first kappa shape index (κ1) is 20.7. The van der Waals surface area contributed by atoms with Gasteiger partial charge in [-0.1, -0.05) is 32.0 Å². The van der Waals surface area contributed by atoms with Crippen LogP contribution in [-0.2, 0) is 9.53 Å². The van der Waals surface area contributed by atoms with E-state index in [4.69, 9.17) is 4.74 Å². The molecule has 1 aromatic rings. The molecule has 2 amide bonds. The number of allylic oxidation sites excluding steroid dienone is 1. The number of benzene rings is 1. The van der Waals surface area contributed by atoms with E-state index in [0.717, 1.165) is 6.42 Å². The molecule has 0 fully saturated rings. The van der Waals surface area contributed by atoms with Crippen molar-refractivity contribution in [2.45, 2.75) is 39.8 Å². The van der Waals surface area contributed by atoms with Gasteiger partial charge in [0.25, 0.3) is 0 Å². The van der Waals surface area contributed by atoms with Crippen molar-refractivity contribution in [1.82, 2.24) is 10.2 Å². The van der Waals surface area contributed by atoms with E-state index in [1.165, 1.54) is 30.2 Å². The summed E-state index contributed by atoms with van der Waals surface area (Å²) in [6.07, 6.45) is 0.745. The lowest BCUT2D eigenvalue weighted by atomic mass is 9.94. The molecule has 1 N–H and O–H groups in total. The van der Waals surface area contributed by atoms with Gasteiger partial charge in [0.2, 0.25) is 0 Å². The molecule has 1 heterocycles. The fourth-order valence-corrected chi connectivity index (χ4v) is 2.97. The molecular weight excluding hydrogens is 358 g/mol. The Hall–Kier alpha value is -2.64. The van der Waals surface area contributed by atoms with Crippen LogP contribution in [0.2, 0.25) is 0 Å². The van der Waals surface area contributed by atoms with Crippen molar-refractivity contribution in [3.63, 3.8) is 0 Å². The Bertz CT molecular complexity index is 734. The molecule has 8 heteroatoms. The van der Waals surface area contributed by atoms with E-state index in [1.807, 2.05) is 13.8 Å². The molecule has 6 nitrogen and oxygen atoms in total. The summed E-state index contributed by atoms with van der Waals surface area (Å²) in [6.45, 7) is 3.11. The predicted molar refractivity (Wildman–Crippen MR) is 95.2 cm³/mol. The van der Waals surface area contributed by atoms with Crippen molar-refractivity contribution in [1.29, 1.82) is 0 Å². The molecule has 2 rings (SSSR count). The zero-order valence-electron chi connectivity index (χ0n) is 15.8. The normalized spacial score (nSPS) is 17.4. The molecule has 1 aromatic carbocycles. The van der Waals surface area contributed by atoms with Crippen molar-refractivity contribution >= 4 is 12.0 Å². The summed E-state index contributed by atoms with van der Waals surface area (Å²) >= 11 is 0. The maximum atomic E-state index is 12.8. The topological polar surface area (TPSA) is 67.9 Å². The molecule has 0 radical (unpaired) electrons. The van der Waals surface area contributed by atoms with Crippen molar-refractivity contribution in [2.24, 2.45) is 5.92 Å². The number of carbonyl (C=O) groups is 2. The first-order valence-electron chi connectivity index (χ1n) is 8.67. The number of halogens is 2. The van der Waals surface area contributed by atoms with Gasteiger partial charge >= 0.3 is 18.6 Å². The minimum atomic E-state index is -3.03. The monoisotopic (exact) mass is 382 g/mol. The molecule has 0 spiro atoms. The van der Waals surface area contributed by atoms with Gasteiger partial charge < -0.3 is 14.8 Å². The summed E-state index contributed by atoms with van der Waals surface area (Å²) in [5.41, 5.74) is 0.878. The van der Waals surface area contributed by atoms with Crippen LogP contribution in [0.4, 0.5) is 13.6 Å². The zero-order chi connectivity index (χ0) is 20.1. The summed E-state index contributed by atoms with van der Waals surface area (Å²) in [5.74, 6) is -0.383. The molecular formula is C19H24F2N2O4. The largest absolute Gasteiger partial charge is 0.466 e. The highest BCUT2D eigenvalue weighted by atomic mass is 19.3. The number of urea groups is 1. The van der Waals surface area contributed by atoms with E-state index in [-0.39, 0.29) is 16.9 Å². The lowest BCUT2D eigenvalue weighted by Crippen LogP contribution is -2.48. The lowest BCUT2D eigenvalue weighted by Gasteiger charge is -2.36. The average molecular weight is 382 g/mol. The Balaban J connectivity index is 2.50. The third-order valence-corrected chi connectivity index (χ3v) is 4.38. The molecule has 0 bridgehead atoms. The van der Waals surface area contributed by atoms with Crippen molar-refractivity contribution < 1.29 is 27.8 Å². The van der Waals surface area contributed by atoms with Gasteiger partial charge in [-0.3, -0.25) is 4.90 Å². The highest BCUT2D eigenvalue weighted by molar-refractivity contribution is 5.95. The molecule has 0 aromatic heterocycles. The maximum Gasteiger partial charge on any atom is 0.387 e. The third kappa shape index (κ3) is 4.75. The summed E-state index contributed by atoms with van der Waals surface area (Å²) in [4.78, 5) is 26.5. The van der Waals surface area contributed by atoms with E-state index >= 15 is 0 Å². The number of hydrogen-bond donors (Lipinski definition) is 1. The second-order valence-electron chi connectivity index (χ2n) is 6.62.